The van der Waals surface area contributed by atoms with Gasteiger partial charge in [-0.1, -0.05) is 29.3 Å². The van der Waals surface area contributed by atoms with Crippen molar-refractivity contribution in [3.05, 3.63) is 69.2 Å². The van der Waals surface area contributed by atoms with Gasteiger partial charge >= 0.3 is 5.97 Å². The lowest BCUT2D eigenvalue weighted by molar-refractivity contribution is 0.0600. The molecule has 120 valence electrons. The van der Waals surface area contributed by atoms with Gasteiger partial charge in [-0.25, -0.2) is 4.79 Å². The number of benzene rings is 2. The molecule has 0 unspecified atom stereocenters. The maximum Gasteiger partial charge on any atom is 0.337 e. The smallest absolute Gasteiger partial charge is 0.337 e. The number of carbonyl (C=O) groups is 2. The van der Waals surface area contributed by atoms with Crippen LogP contribution < -0.4 is 0 Å². The molecule has 6 heteroatoms. The van der Waals surface area contributed by atoms with Crippen LogP contribution in [0.3, 0.4) is 0 Å². The third kappa shape index (κ3) is 4.24. The summed E-state index contributed by atoms with van der Waals surface area (Å²) in [6.07, 6.45) is 0. The first kappa shape index (κ1) is 17.3. The third-order valence-corrected chi connectivity index (χ3v) is 4.04. The molecule has 0 radical (unpaired) electrons. The molecule has 2 aromatic rings. The van der Waals surface area contributed by atoms with E-state index in [0.717, 1.165) is 5.56 Å². The average Bonchev–Trinajstić information content (AvgIpc) is 2.57. The number of amides is 1. The summed E-state index contributed by atoms with van der Waals surface area (Å²) in [6, 6.07) is 11.6. The molecule has 2 aromatic carbocycles. The lowest BCUT2D eigenvalue weighted by Crippen LogP contribution is -2.26. The van der Waals surface area contributed by atoms with Crippen molar-refractivity contribution < 1.29 is 14.3 Å². The zero-order chi connectivity index (χ0) is 17.0. The predicted molar refractivity (Wildman–Crippen MR) is 90.0 cm³/mol. The maximum atomic E-state index is 12.4. The molecule has 0 saturated carbocycles. The van der Waals surface area contributed by atoms with Gasteiger partial charge in [0, 0.05) is 19.2 Å². The van der Waals surface area contributed by atoms with Gasteiger partial charge in [-0.05, 0) is 42.0 Å². The highest BCUT2D eigenvalue weighted by atomic mass is 35.5. The standard InChI is InChI=1S/C17H15Cl2NO3/c1-20(10-11-3-8-14(18)15(19)9-11)16(21)12-4-6-13(7-5-12)17(22)23-2/h3-9H,10H2,1-2H3. The van der Waals surface area contributed by atoms with Gasteiger partial charge in [0.25, 0.3) is 5.91 Å². The molecule has 0 aliphatic rings. The highest BCUT2D eigenvalue weighted by Gasteiger charge is 2.14. The number of halogens is 2. The highest BCUT2D eigenvalue weighted by Crippen LogP contribution is 2.23. The van der Waals surface area contributed by atoms with Gasteiger partial charge in [0.2, 0.25) is 0 Å². The van der Waals surface area contributed by atoms with E-state index in [4.69, 9.17) is 23.2 Å². The Morgan fingerprint density at radius 2 is 1.61 bits per heavy atom. The van der Waals surface area contributed by atoms with Crippen molar-refractivity contribution in [2.24, 2.45) is 0 Å². The van der Waals surface area contributed by atoms with E-state index >= 15 is 0 Å². The molecule has 0 aromatic heterocycles. The van der Waals surface area contributed by atoms with E-state index in [2.05, 4.69) is 4.74 Å². The molecule has 0 spiro atoms. The number of ether oxygens (including phenoxy) is 1. The lowest BCUT2D eigenvalue weighted by atomic mass is 10.1. The van der Waals surface area contributed by atoms with Crippen molar-refractivity contribution in [2.45, 2.75) is 6.54 Å². The molecule has 23 heavy (non-hydrogen) atoms. The summed E-state index contributed by atoms with van der Waals surface area (Å²) in [7, 11) is 3.01. The lowest BCUT2D eigenvalue weighted by Gasteiger charge is -2.18. The summed E-state index contributed by atoms with van der Waals surface area (Å²) in [5.41, 5.74) is 1.76. The van der Waals surface area contributed by atoms with Crippen LogP contribution in [0.2, 0.25) is 10.0 Å². The Morgan fingerprint density at radius 1 is 1.00 bits per heavy atom. The van der Waals surface area contributed by atoms with Crippen LogP contribution in [-0.4, -0.2) is 30.9 Å². The second-order valence-corrected chi connectivity index (χ2v) is 5.79. The van der Waals surface area contributed by atoms with Crippen molar-refractivity contribution in [1.29, 1.82) is 0 Å². The minimum atomic E-state index is -0.437. The van der Waals surface area contributed by atoms with Crippen molar-refractivity contribution in [1.82, 2.24) is 4.90 Å². The largest absolute Gasteiger partial charge is 0.465 e. The predicted octanol–water partition coefficient (Wildman–Crippen LogP) is 4.05. The van der Waals surface area contributed by atoms with E-state index in [-0.39, 0.29) is 5.91 Å². The van der Waals surface area contributed by atoms with Crippen LogP contribution in [0.4, 0.5) is 0 Å². The van der Waals surface area contributed by atoms with E-state index < -0.39 is 5.97 Å². The number of carbonyl (C=O) groups excluding carboxylic acids is 2. The molecule has 0 atom stereocenters. The summed E-state index contributed by atoms with van der Waals surface area (Å²) in [4.78, 5) is 25.4. The van der Waals surface area contributed by atoms with Crippen molar-refractivity contribution in [3.8, 4) is 0 Å². The van der Waals surface area contributed by atoms with Crippen molar-refractivity contribution >= 4 is 35.1 Å². The van der Waals surface area contributed by atoms with Gasteiger partial charge in [0.15, 0.2) is 0 Å². The normalized spacial score (nSPS) is 10.3. The first-order chi connectivity index (χ1) is 10.9. The molecule has 2 rings (SSSR count). The molecule has 0 N–H and O–H groups in total. The number of hydrogen-bond donors (Lipinski definition) is 0. The summed E-state index contributed by atoms with van der Waals surface area (Å²) in [5.74, 6) is -0.597. The molecule has 0 aliphatic carbocycles. The van der Waals surface area contributed by atoms with Gasteiger partial charge in [0.05, 0.1) is 22.7 Å². The van der Waals surface area contributed by atoms with Gasteiger partial charge in [-0.15, -0.1) is 0 Å². The van der Waals surface area contributed by atoms with Gasteiger partial charge in [-0.3, -0.25) is 4.79 Å². The van der Waals surface area contributed by atoms with Crippen LogP contribution in [0.15, 0.2) is 42.5 Å². The molecular formula is C17H15Cl2NO3. The Morgan fingerprint density at radius 3 is 2.17 bits per heavy atom. The fraction of sp³-hybridized carbons (Fsp3) is 0.176. The van der Waals surface area contributed by atoms with Crippen LogP contribution >= 0.6 is 23.2 Å². The topological polar surface area (TPSA) is 46.6 Å². The van der Waals surface area contributed by atoms with E-state index in [9.17, 15) is 9.59 Å². The van der Waals surface area contributed by atoms with E-state index in [1.165, 1.54) is 7.11 Å². The zero-order valence-electron chi connectivity index (χ0n) is 12.7. The van der Waals surface area contributed by atoms with E-state index in [1.807, 2.05) is 6.07 Å². The monoisotopic (exact) mass is 351 g/mol. The van der Waals surface area contributed by atoms with Crippen LogP contribution in [0.1, 0.15) is 26.3 Å². The van der Waals surface area contributed by atoms with Gasteiger partial charge in [-0.2, -0.15) is 0 Å². The number of esters is 1. The first-order valence-corrected chi connectivity index (χ1v) is 7.55. The second-order valence-electron chi connectivity index (χ2n) is 4.98. The Balaban J connectivity index is 2.09. The van der Waals surface area contributed by atoms with Crippen molar-refractivity contribution in [3.63, 3.8) is 0 Å². The number of methoxy groups -OCH3 is 1. The highest BCUT2D eigenvalue weighted by molar-refractivity contribution is 6.42. The number of hydrogen-bond acceptors (Lipinski definition) is 3. The molecule has 0 bridgehead atoms. The van der Waals surface area contributed by atoms with Crippen LogP contribution in [0, 0.1) is 0 Å². The quantitative estimate of drug-likeness (QED) is 0.780. The minimum Gasteiger partial charge on any atom is -0.465 e. The molecule has 0 heterocycles. The van der Waals surface area contributed by atoms with Crippen molar-refractivity contribution in [2.75, 3.05) is 14.2 Å². The molecule has 0 fully saturated rings. The van der Waals surface area contributed by atoms with Crippen LogP contribution in [0.5, 0.6) is 0 Å². The number of rotatable bonds is 4. The molecular weight excluding hydrogens is 337 g/mol. The minimum absolute atomic E-state index is 0.160. The zero-order valence-corrected chi connectivity index (χ0v) is 14.2. The summed E-state index contributed by atoms with van der Waals surface area (Å²) in [5, 5.41) is 0.926. The maximum absolute atomic E-state index is 12.4. The SMILES string of the molecule is COC(=O)c1ccc(C(=O)N(C)Cc2ccc(Cl)c(Cl)c2)cc1. The number of nitrogens with zero attached hydrogens (tertiary/aromatic N) is 1. The third-order valence-electron chi connectivity index (χ3n) is 3.30. The fourth-order valence-electron chi connectivity index (χ4n) is 2.07. The molecule has 0 saturated heterocycles. The average molecular weight is 352 g/mol. The molecule has 4 nitrogen and oxygen atoms in total. The Kier molecular flexibility index (Phi) is 5.64. The summed E-state index contributed by atoms with van der Waals surface area (Å²) >= 11 is 11.9. The second kappa shape index (κ2) is 7.49. The fourth-order valence-corrected chi connectivity index (χ4v) is 2.39. The Bertz CT molecular complexity index is 729. The molecule has 1 amide bonds. The van der Waals surface area contributed by atoms with Crippen LogP contribution in [-0.2, 0) is 11.3 Å². The summed E-state index contributed by atoms with van der Waals surface area (Å²) < 4.78 is 4.63. The van der Waals surface area contributed by atoms with Gasteiger partial charge in [0.1, 0.15) is 0 Å². The molecule has 0 aliphatic heterocycles. The summed E-state index contributed by atoms with van der Waals surface area (Å²) in [6.45, 7) is 0.397. The van der Waals surface area contributed by atoms with Crippen LogP contribution in [0.25, 0.3) is 0 Å². The van der Waals surface area contributed by atoms with E-state index in [0.29, 0.717) is 27.7 Å². The van der Waals surface area contributed by atoms with Gasteiger partial charge < -0.3 is 9.64 Å². The Hall–Kier alpha value is -2.04. The Labute approximate surface area is 144 Å². The first-order valence-electron chi connectivity index (χ1n) is 6.80. The van der Waals surface area contributed by atoms with E-state index in [1.54, 1.807) is 48.3 Å².